The van der Waals surface area contributed by atoms with Crippen LogP contribution in [0.5, 0.6) is 11.5 Å². The molecule has 9 nitrogen and oxygen atoms in total. The van der Waals surface area contributed by atoms with Crippen LogP contribution in [0.1, 0.15) is 29.8 Å². The molecule has 0 saturated carbocycles. The number of amides is 1. The zero-order chi connectivity index (χ0) is 21.8. The molecule has 0 unspecified atom stereocenters. The summed E-state index contributed by atoms with van der Waals surface area (Å²) in [5, 5.41) is 7.36. The molecule has 0 bridgehead atoms. The minimum atomic E-state index is -0.300. The maximum absolute atomic E-state index is 12.9. The van der Waals surface area contributed by atoms with E-state index in [2.05, 4.69) is 25.3 Å². The highest BCUT2D eigenvalue weighted by molar-refractivity contribution is 6.03. The van der Waals surface area contributed by atoms with Gasteiger partial charge in [0, 0.05) is 31.8 Å². The smallest absolute Gasteiger partial charge is 0.275 e. The number of aromatic nitrogens is 4. The van der Waals surface area contributed by atoms with Gasteiger partial charge in [-0.05, 0) is 43.5 Å². The van der Waals surface area contributed by atoms with Crippen molar-refractivity contribution in [3.05, 3.63) is 42.4 Å². The van der Waals surface area contributed by atoms with E-state index >= 15 is 0 Å². The molecular formula is C22H26N6O3. The molecule has 1 saturated heterocycles. The average Bonchev–Trinajstić information content (AvgIpc) is 3.21. The number of nitrogens with zero attached hydrogens (tertiary/aromatic N) is 5. The molecule has 31 heavy (non-hydrogen) atoms. The van der Waals surface area contributed by atoms with Crippen molar-refractivity contribution in [3.63, 3.8) is 0 Å². The van der Waals surface area contributed by atoms with Crippen LogP contribution in [-0.4, -0.2) is 53.0 Å². The van der Waals surface area contributed by atoms with Crippen molar-refractivity contribution in [2.45, 2.75) is 19.3 Å². The van der Waals surface area contributed by atoms with E-state index in [4.69, 9.17) is 9.47 Å². The van der Waals surface area contributed by atoms with Crippen LogP contribution in [0.2, 0.25) is 0 Å². The second-order valence-corrected chi connectivity index (χ2v) is 7.37. The Balaban J connectivity index is 1.56. The summed E-state index contributed by atoms with van der Waals surface area (Å²) in [5.74, 6) is 2.32. The molecule has 0 atom stereocenters. The fourth-order valence-electron chi connectivity index (χ4n) is 3.72. The number of benzene rings is 1. The Morgan fingerprint density at radius 3 is 2.58 bits per heavy atom. The van der Waals surface area contributed by atoms with Gasteiger partial charge in [-0.2, -0.15) is 5.10 Å². The van der Waals surface area contributed by atoms with Gasteiger partial charge in [-0.3, -0.25) is 9.48 Å². The molecule has 1 aromatic carbocycles. The molecule has 2 aromatic heterocycles. The van der Waals surface area contributed by atoms with Gasteiger partial charge in [-0.15, -0.1) is 0 Å². The van der Waals surface area contributed by atoms with E-state index in [1.54, 1.807) is 27.3 Å². The van der Waals surface area contributed by atoms with Gasteiger partial charge in [-0.1, -0.05) is 0 Å². The summed E-state index contributed by atoms with van der Waals surface area (Å²) in [4.78, 5) is 23.7. The van der Waals surface area contributed by atoms with Gasteiger partial charge in [0.05, 0.1) is 19.9 Å². The van der Waals surface area contributed by atoms with Crippen LogP contribution in [0.4, 0.5) is 11.6 Å². The molecule has 0 spiro atoms. The zero-order valence-corrected chi connectivity index (χ0v) is 18.0. The van der Waals surface area contributed by atoms with Crippen molar-refractivity contribution < 1.29 is 14.3 Å². The van der Waals surface area contributed by atoms with Gasteiger partial charge in [0.1, 0.15) is 35.2 Å². The number of rotatable bonds is 6. The molecule has 1 aliphatic rings. The summed E-state index contributed by atoms with van der Waals surface area (Å²) < 4.78 is 12.3. The fourth-order valence-corrected chi connectivity index (χ4v) is 3.72. The lowest BCUT2D eigenvalue weighted by Gasteiger charge is -2.27. The lowest BCUT2D eigenvalue weighted by Crippen LogP contribution is -2.30. The first-order valence-electron chi connectivity index (χ1n) is 10.2. The summed E-state index contributed by atoms with van der Waals surface area (Å²) in [6.07, 6.45) is 5.02. The van der Waals surface area contributed by atoms with E-state index < -0.39 is 0 Å². The van der Waals surface area contributed by atoms with Gasteiger partial charge in [0.25, 0.3) is 5.91 Å². The van der Waals surface area contributed by atoms with Gasteiger partial charge in [-0.25, -0.2) is 9.97 Å². The lowest BCUT2D eigenvalue weighted by molar-refractivity contribution is 0.101. The number of piperidine rings is 1. The summed E-state index contributed by atoms with van der Waals surface area (Å²) in [6.45, 7) is 1.94. The number of carbonyl (C=O) groups excluding carboxylic acids is 1. The van der Waals surface area contributed by atoms with Gasteiger partial charge < -0.3 is 19.7 Å². The van der Waals surface area contributed by atoms with Crippen molar-refractivity contribution in [3.8, 4) is 22.8 Å². The lowest BCUT2D eigenvalue weighted by atomic mass is 10.1. The molecule has 0 aliphatic carbocycles. The quantitative estimate of drug-likeness (QED) is 0.652. The number of aryl methyl sites for hydroxylation is 1. The van der Waals surface area contributed by atoms with Crippen molar-refractivity contribution in [1.29, 1.82) is 0 Å². The zero-order valence-electron chi connectivity index (χ0n) is 18.0. The summed E-state index contributed by atoms with van der Waals surface area (Å²) in [7, 11) is 4.92. The van der Waals surface area contributed by atoms with Crippen LogP contribution < -0.4 is 19.7 Å². The Morgan fingerprint density at radius 2 is 1.84 bits per heavy atom. The van der Waals surface area contributed by atoms with E-state index in [9.17, 15) is 4.79 Å². The van der Waals surface area contributed by atoms with Gasteiger partial charge in [0.15, 0.2) is 0 Å². The summed E-state index contributed by atoms with van der Waals surface area (Å²) in [6, 6.07) is 8.99. The van der Waals surface area contributed by atoms with Crippen LogP contribution >= 0.6 is 0 Å². The third-order valence-electron chi connectivity index (χ3n) is 5.37. The molecule has 162 valence electrons. The number of anilines is 2. The van der Waals surface area contributed by atoms with E-state index in [1.807, 2.05) is 24.3 Å². The summed E-state index contributed by atoms with van der Waals surface area (Å²) in [5.41, 5.74) is 1.75. The minimum Gasteiger partial charge on any atom is -0.497 e. The predicted molar refractivity (Wildman–Crippen MR) is 118 cm³/mol. The van der Waals surface area contributed by atoms with Crippen LogP contribution in [0.15, 0.2) is 36.7 Å². The maximum atomic E-state index is 12.9. The maximum Gasteiger partial charge on any atom is 0.275 e. The molecule has 1 aliphatic heterocycles. The first-order valence-corrected chi connectivity index (χ1v) is 10.2. The molecule has 1 fully saturated rings. The number of methoxy groups -OCH3 is 2. The fraction of sp³-hybridized carbons (Fsp3) is 0.364. The molecular weight excluding hydrogens is 396 g/mol. The van der Waals surface area contributed by atoms with Gasteiger partial charge >= 0.3 is 0 Å². The normalized spacial score (nSPS) is 13.7. The first kappa shape index (κ1) is 20.6. The highest BCUT2D eigenvalue weighted by Gasteiger charge is 2.19. The van der Waals surface area contributed by atoms with Crippen molar-refractivity contribution >= 4 is 17.5 Å². The topological polar surface area (TPSA) is 94.4 Å². The second kappa shape index (κ2) is 9.03. The SMILES string of the molecule is COc1ccc(OC)c(-c2cc(C(=O)Nc3cc(N4CCCCC4)ncn3)n(C)n2)c1. The largest absolute Gasteiger partial charge is 0.497 e. The number of carbonyl (C=O) groups is 1. The highest BCUT2D eigenvalue weighted by Crippen LogP contribution is 2.33. The van der Waals surface area contributed by atoms with Crippen molar-refractivity contribution in [2.75, 3.05) is 37.5 Å². The monoisotopic (exact) mass is 422 g/mol. The van der Waals surface area contributed by atoms with Crippen LogP contribution in [0, 0.1) is 0 Å². The van der Waals surface area contributed by atoms with Crippen LogP contribution in [-0.2, 0) is 7.05 Å². The molecule has 0 radical (unpaired) electrons. The van der Waals surface area contributed by atoms with Crippen LogP contribution in [0.25, 0.3) is 11.3 Å². The predicted octanol–water partition coefficient (Wildman–Crippen LogP) is 3.14. The number of ether oxygens (including phenoxy) is 2. The molecule has 1 amide bonds. The number of hydrogen-bond acceptors (Lipinski definition) is 7. The standard InChI is InChI=1S/C22H26N6O3/c1-27-18(12-17(26-27)16-11-15(30-2)7-8-19(16)31-3)22(29)25-20-13-21(24-14-23-20)28-9-5-4-6-10-28/h7-8,11-14H,4-6,9-10H2,1-3H3,(H,23,24,25,29). The minimum absolute atomic E-state index is 0.300. The molecule has 3 heterocycles. The van der Waals surface area contributed by atoms with Crippen molar-refractivity contribution in [2.24, 2.45) is 7.05 Å². The van der Waals surface area contributed by atoms with E-state index in [1.165, 1.54) is 17.4 Å². The Bertz CT molecular complexity index is 1070. The van der Waals surface area contributed by atoms with Gasteiger partial charge in [0.2, 0.25) is 0 Å². The summed E-state index contributed by atoms with van der Waals surface area (Å²) >= 11 is 0. The van der Waals surface area contributed by atoms with Crippen molar-refractivity contribution in [1.82, 2.24) is 19.7 Å². The van der Waals surface area contributed by atoms with E-state index in [0.717, 1.165) is 37.3 Å². The van der Waals surface area contributed by atoms with E-state index in [0.29, 0.717) is 28.7 Å². The van der Waals surface area contributed by atoms with E-state index in [-0.39, 0.29) is 5.91 Å². The Morgan fingerprint density at radius 1 is 1.03 bits per heavy atom. The Hall–Kier alpha value is -3.62. The Kier molecular flexibility index (Phi) is 6.01. The molecule has 1 N–H and O–H groups in total. The average molecular weight is 422 g/mol. The number of nitrogens with one attached hydrogen (secondary N) is 1. The highest BCUT2D eigenvalue weighted by atomic mass is 16.5. The molecule has 3 aromatic rings. The number of hydrogen-bond donors (Lipinski definition) is 1. The molecule has 4 rings (SSSR count). The molecule has 9 heteroatoms. The first-order chi connectivity index (χ1) is 15.1. The van der Waals surface area contributed by atoms with Crippen LogP contribution in [0.3, 0.4) is 0 Å². The Labute approximate surface area is 181 Å². The third-order valence-corrected chi connectivity index (χ3v) is 5.37. The second-order valence-electron chi connectivity index (χ2n) is 7.37. The third kappa shape index (κ3) is 4.45.